The molecular formula is C22H34N4O2S. The zero-order valence-corrected chi connectivity index (χ0v) is 18.5. The molecule has 0 unspecified atom stereocenters. The minimum absolute atomic E-state index is 0.169. The molecule has 3 rings (SSSR count). The first-order valence-corrected chi connectivity index (χ1v) is 11.1. The molecule has 1 amide bonds. The molecule has 2 aliphatic heterocycles. The SMILES string of the molecule is CC(=O)N1CCC(N(CCCN2CCOCC2)C(=S)Nc2ccccc2C)CC1. The number of thiocarbonyl (C=S) groups is 1. The van der Waals surface area contributed by atoms with E-state index in [0.717, 1.165) is 82.5 Å². The number of piperidine rings is 1. The summed E-state index contributed by atoms with van der Waals surface area (Å²) in [5.41, 5.74) is 2.26. The summed E-state index contributed by atoms with van der Waals surface area (Å²) in [7, 11) is 0. The minimum Gasteiger partial charge on any atom is -0.379 e. The molecule has 2 saturated heterocycles. The van der Waals surface area contributed by atoms with E-state index in [4.69, 9.17) is 17.0 Å². The molecule has 0 atom stereocenters. The number of morpholine rings is 1. The number of carbonyl (C=O) groups is 1. The Hall–Kier alpha value is -1.70. The van der Waals surface area contributed by atoms with Gasteiger partial charge in [-0.2, -0.15) is 0 Å². The van der Waals surface area contributed by atoms with Crippen LogP contribution in [0, 0.1) is 6.92 Å². The Morgan fingerprint density at radius 2 is 1.90 bits per heavy atom. The third kappa shape index (κ3) is 6.39. The van der Waals surface area contributed by atoms with Crippen LogP contribution in [0.2, 0.25) is 0 Å². The number of para-hydroxylation sites is 1. The van der Waals surface area contributed by atoms with Gasteiger partial charge in [-0.25, -0.2) is 0 Å². The highest BCUT2D eigenvalue weighted by atomic mass is 32.1. The van der Waals surface area contributed by atoms with Crippen LogP contribution in [0.5, 0.6) is 0 Å². The molecule has 160 valence electrons. The quantitative estimate of drug-likeness (QED) is 0.717. The Bertz CT molecular complexity index is 685. The molecule has 0 bridgehead atoms. The predicted molar refractivity (Wildman–Crippen MR) is 121 cm³/mol. The number of benzene rings is 1. The lowest BCUT2D eigenvalue weighted by molar-refractivity contribution is -0.130. The number of ether oxygens (including phenoxy) is 1. The lowest BCUT2D eigenvalue weighted by atomic mass is 10.0. The summed E-state index contributed by atoms with van der Waals surface area (Å²) in [4.78, 5) is 18.5. The number of rotatable bonds is 6. The van der Waals surface area contributed by atoms with Crippen molar-refractivity contribution in [2.24, 2.45) is 0 Å². The highest BCUT2D eigenvalue weighted by Crippen LogP contribution is 2.20. The maximum Gasteiger partial charge on any atom is 0.219 e. The van der Waals surface area contributed by atoms with Gasteiger partial charge in [0, 0.05) is 57.9 Å². The van der Waals surface area contributed by atoms with Crippen LogP contribution in [0.3, 0.4) is 0 Å². The van der Waals surface area contributed by atoms with Gasteiger partial charge in [-0.15, -0.1) is 0 Å². The number of amides is 1. The number of hydrogen-bond donors (Lipinski definition) is 1. The molecule has 2 aliphatic rings. The van der Waals surface area contributed by atoms with Crippen molar-refractivity contribution in [2.45, 2.75) is 39.2 Å². The first-order valence-electron chi connectivity index (χ1n) is 10.7. The van der Waals surface area contributed by atoms with Crippen LogP contribution in [0.4, 0.5) is 5.69 Å². The fourth-order valence-electron chi connectivity index (χ4n) is 4.13. The van der Waals surface area contributed by atoms with Gasteiger partial charge in [0.15, 0.2) is 5.11 Å². The van der Waals surface area contributed by atoms with Gasteiger partial charge in [0.2, 0.25) is 5.91 Å². The lowest BCUT2D eigenvalue weighted by Crippen LogP contribution is -2.50. The summed E-state index contributed by atoms with van der Waals surface area (Å²) in [5, 5.41) is 4.27. The number of carbonyl (C=O) groups excluding carboxylic acids is 1. The van der Waals surface area contributed by atoms with Gasteiger partial charge in [0.05, 0.1) is 13.2 Å². The van der Waals surface area contributed by atoms with Gasteiger partial charge in [-0.1, -0.05) is 18.2 Å². The number of likely N-dealkylation sites (tertiary alicyclic amines) is 1. The number of nitrogens with zero attached hydrogens (tertiary/aromatic N) is 3. The normalized spacial score (nSPS) is 18.5. The summed E-state index contributed by atoms with van der Waals surface area (Å²) in [5.74, 6) is 0.169. The Balaban J connectivity index is 1.61. The second kappa shape index (κ2) is 10.9. The van der Waals surface area contributed by atoms with Crippen molar-refractivity contribution in [2.75, 3.05) is 57.8 Å². The van der Waals surface area contributed by atoms with Crippen molar-refractivity contribution < 1.29 is 9.53 Å². The highest BCUT2D eigenvalue weighted by molar-refractivity contribution is 7.80. The standard InChI is InChI=1S/C22H34N4O2S/c1-18-6-3-4-7-21(18)23-22(29)26(11-5-10-24-14-16-28-17-15-24)20-8-12-25(13-9-20)19(2)27/h3-4,6-7,20H,5,8-17H2,1-2H3,(H,23,29). The maximum atomic E-state index is 11.7. The largest absolute Gasteiger partial charge is 0.379 e. The molecule has 1 N–H and O–H groups in total. The molecule has 0 aliphatic carbocycles. The molecule has 2 fully saturated rings. The minimum atomic E-state index is 0.169. The van der Waals surface area contributed by atoms with E-state index in [-0.39, 0.29) is 5.91 Å². The predicted octanol–water partition coefficient (Wildman–Crippen LogP) is 2.73. The lowest BCUT2D eigenvalue weighted by Gasteiger charge is -2.40. The van der Waals surface area contributed by atoms with E-state index in [0.29, 0.717) is 6.04 Å². The van der Waals surface area contributed by atoms with Crippen LogP contribution in [-0.2, 0) is 9.53 Å². The van der Waals surface area contributed by atoms with Crippen molar-refractivity contribution >= 4 is 28.9 Å². The molecule has 1 aromatic rings. The molecule has 1 aromatic carbocycles. The van der Waals surface area contributed by atoms with Crippen LogP contribution in [-0.4, -0.2) is 84.2 Å². The number of nitrogens with one attached hydrogen (secondary N) is 1. The van der Waals surface area contributed by atoms with E-state index in [9.17, 15) is 4.79 Å². The topological polar surface area (TPSA) is 48.1 Å². The summed E-state index contributed by atoms with van der Waals surface area (Å²) in [6.07, 6.45) is 3.00. The highest BCUT2D eigenvalue weighted by Gasteiger charge is 2.27. The average molecular weight is 419 g/mol. The van der Waals surface area contributed by atoms with Gasteiger partial charge in [0.25, 0.3) is 0 Å². The Labute approximate surface area is 180 Å². The monoisotopic (exact) mass is 418 g/mol. The van der Waals surface area contributed by atoms with E-state index in [1.54, 1.807) is 6.92 Å². The van der Waals surface area contributed by atoms with Crippen molar-refractivity contribution in [3.05, 3.63) is 29.8 Å². The Kier molecular flexibility index (Phi) is 8.27. The average Bonchev–Trinajstić information content (AvgIpc) is 2.73. The summed E-state index contributed by atoms with van der Waals surface area (Å²) < 4.78 is 5.45. The molecule has 2 heterocycles. The van der Waals surface area contributed by atoms with Gasteiger partial charge in [-0.05, 0) is 50.0 Å². The van der Waals surface area contributed by atoms with Gasteiger partial charge in [0.1, 0.15) is 0 Å². The van der Waals surface area contributed by atoms with Crippen LogP contribution in [0.1, 0.15) is 31.7 Å². The van der Waals surface area contributed by atoms with Crippen LogP contribution < -0.4 is 5.32 Å². The van der Waals surface area contributed by atoms with E-state index < -0.39 is 0 Å². The molecular weight excluding hydrogens is 384 g/mol. The Morgan fingerprint density at radius 1 is 1.21 bits per heavy atom. The van der Waals surface area contributed by atoms with E-state index in [1.165, 1.54) is 5.56 Å². The molecule has 7 heteroatoms. The molecule has 0 aromatic heterocycles. The van der Waals surface area contributed by atoms with Crippen molar-refractivity contribution in [3.63, 3.8) is 0 Å². The first-order chi connectivity index (χ1) is 14.0. The number of hydrogen-bond acceptors (Lipinski definition) is 4. The molecule has 29 heavy (non-hydrogen) atoms. The zero-order valence-electron chi connectivity index (χ0n) is 17.7. The summed E-state index contributed by atoms with van der Waals surface area (Å²) in [6, 6.07) is 8.62. The van der Waals surface area contributed by atoms with Crippen molar-refractivity contribution in [1.82, 2.24) is 14.7 Å². The van der Waals surface area contributed by atoms with Gasteiger partial charge in [-0.3, -0.25) is 9.69 Å². The maximum absolute atomic E-state index is 11.7. The molecule has 0 radical (unpaired) electrons. The number of anilines is 1. The molecule has 0 spiro atoms. The third-order valence-electron chi connectivity index (χ3n) is 5.98. The van der Waals surface area contributed by atoms with Crippen molar-refractivity contribution in [1.29, 1.82) is 0 Å². The van der Waals surface area contributed by atoms with Crippen LogP contribution in [0.25, 0.3) is 0 Å². The molecule has 6 nitrogen and oxygen atoms in total. The van der Waals surface area contributed by atoms with Gasteiger partial charge < -0.3 is 19.9 Å². The Morgan fingerprint density at radius 3 is 2.55 bits per heavy atom. The van der Waals surface area contributed by atoms with Gasteiger partial charge >= 0.3 is 0 Å². The van der Waals surface area contributed by atoms with E-state index >= 15 is 0 Å². The fourth-order valence-corrected chi connectivity index (χ4v) is 4.48. The number of aryl methyl sites for hydroxylation is 1. The van der Waals surface area contributed by atoms with E-state index in [2.05, 4.69) is 34.2 Å². The third-order valence-corrected chi connectivity index (χ3v) is 6.31. The first kappa shape index (κ1) is 22.0. The van der Waals surface area contributed by atoms with Crippen molar-refractivity contribution in [3.8, 4) is 0 Å². The second-order valence-electron chi connectivity index (χ2n) is 7.98. The van der Waals surface area contributed by atoms with Crippen LogP contribution >= 0.6 is 12.2 Å². The smallest absolute Gasteiger partial charge is 0.219 e. The van der Waals surface area contributed by atoms with Crippen LogP contribution in [0.15, 0.2) is 24.3 Å². The second-order valence-corrected chi connectivity index (χ2v) is 8.37. The summed E-state index contributed by atoms with van der Waals surface area (Å²) >= 11 is 5.85. The summed E-state index contributed by atoms with van der Waals surface area (Å²) in [6.45, 7) is 11.1. The zero-order chi connectivity index (χ0) is 20.6. The van der Waals surface area contributed by atoms with E-state index in [1.807, 2.05) is 17.0 Å². The molecule has 0 saturated carbocycles. The fraction of sp³-hybridized carbons (Fsp3) is 0.636.